The van der Waals surface area contributed by atoms with E-state index in [2.05, 4.69) is 21.2 Å². The van der Waals surface area contributed by atoms with E-state index in [1.54, 1.807) is 6.07 Å². The van der Waals surface area contributed by atoms with Crippen molar-refractivity contribution in [2.45, 2.75) is 44.9 Å². The van der Waals surface area contributed by atoms with Gasteiger partial charge in [-0.25, -0.2) is 4.39 Å². The molecule has 0 fully saturated rings. The highest BCUT2D eigenvalue weighted by Crippen LogP contribution is 2.25. The third-order valence-electron chi connectivity index (χ3n) is 4.75. The second-order valence-corrected chi connectivity index (χ2v) is 9.31. The molecule has 0 aromatic heterocycles. The minimum absolute atomic E-state index is 0.222. The first-order chi connectivity index (χ1) is 14.7. The fourth-order valence-corrected chi connectivity index (χ4v) is 3.61. The van der Waals surface area contributed by atoms with Crippen molar-refractivity contribution in [3.63, 3.8) is 0 Å². The van der Waals surface area contributed by atoms with Crippen LogP contribution < -0.4 is 5.32 Å². The molecule has 3 rings (SSSR count). The number of hydrogen-bond acceptors (Lipinski definition) is 3. The molecule has 0 bridgehead atoms. The largest absolute Gasteiger partial charge is 0.459 e. The number of nitrogens with one attached hydrogen (secondary N) is 1. The zero-order chi connectivity index (χ0) is 22.4. The van der Waals surface area contributed by atoms with Crippen molar-refractivity contribution >= 4 is 21.9 Å². The number of carbonyl (C=O) groups is 1. The lowest BCUT2D eigenvalue weighted by Gasteiger charge is -2.29. The molecule has 0 amide bonds. The summed E-state index contributed by atoms with van der Waals surface area (Å²) in [4.78, 5) is 13.1. The molecule has 0 radical (unpaired) electrons. The van der Waals surface area contributed by atoms with E-state index >= 15 is 0 Å². The van der Waals surface area contributed by atoms with Gasteiger partial charge in [0.1, 0.15) is 17.5 Å². The first kappa shape index (κ1) is 23.2. The third-order valence-corrected chi connectivity index (χ3v) is 5.39. The van der Waals surface area contributed by atoms with Crippen LogP contribution in [0.15, 0.2) is 83.3 Å². The lowest BCUT2D eigenvalue weighted by Crippen LogP contribution is -2.44. The Labute approximate surface area is 191 Å². The summed E-state index contributed by atoms with van der Waals surface area (Å²) >= 11 is 3.18. The molecule has 3 aromatic carbocycles. The maximum absolute atomic E-state index is 14.1. The molecule has 0 saturated heterocycles. The van der Waals surface area contributed by atoms with E-state index < -0.39 is 11.6 Å². The van der Waals surface area contributed by atoms with Crippen molar-refractivity contribution in [3.05, 3.63) is 106 Å². The van der Waals surface area contributed by atoms with E-state index in [1.165, 1.54) is 6.07 Å². The van der Waals surface area contributed by atoms with Crippen molar-refractivity contribution in [2.24, 2.45) is 0 Å². The minimum Gasteiger partial charge on any atom is -0.459 e. The van der Waals surface area contributed by atoms with Gasteiger partial charge in [-0.05, 0) is 71.9 Å². The standard InChI is InChI=1S/C26H27BrFNO2/c1-26(2,3)31-25(30)23(17-18-14-15-21(27)22(28)16-18)29-24(19-10-6-4-7-11-19)20-12-8-5-9-13-20/h4-16,23-24,29H,17H2,1-3H3/t23-/m0/s1. The number of hydrogen-bond donors (Lipinski definition) is 1. The monoisotopic (exact) mass is 483 g/mol. The van der Waals surface area contributed by atoms with Crippen LogP contribution in [0.1, 0.15) is 43.5 Å². The molecular formula is C26H27BrFNO2. The predicted molar refractivity (Wildman–Crippen MR) is 125 cm³/mol. The Kier molecular flexibility index (Phi) is 7.63. The zero-order valence-corrected chi connectivity index (χ0v) is 19.5. The number of rotatable bonds is 7. The van der Waals surface area contributed by atoms with Gasteiger partial charge in [-0.15, -0.1) is 0 Å². The highest BCUT2D eigenvalue weighted by molar-refractivity contribution is 9.10. The normalized spacial score (nSPS) is 12.6. The lowest BCUT2D eigenvalue weighted by molar-refractivity contribution is -0.157. The van der Waals surface area contributed by atoms with Crippen molar-refractivity contribution in [1.29, 1.82) is 0 Å². The Hall–Kier alpha value is -2.50. The molecule has 0 aliphatic heterocycles. The van der Waals surface area contributed by atoms with Crippen LogP contribution in [0.5, 0.6) is 0 Å². The highest BCUT2D eigenvalue weighted by Gasteiger charge is 2.29. The minimum atomic E-state index is -0.662. The van der Waals surface area contributed by atoms with Gasteiger partial charge in [0.25, 0.3) is 0 Å². The molecule has 5 heteroatoms. The predicted octanol–water partition coefficient (Wildman–Crippen LogP) is 6.22. The third kappa shape index (κ3) is 6.74. The summed E-state index contributed by atoms with van der Waals surface area (Å²) < 4.78 is 20.2. The summed E-state index contributed by atoms with van der Waals surface area (Å²) in [5.41, 5.74) is 2.15. The molecule has 0 aliphatic carbocycles. The summed E-state index contributed by atoms with van der Waals surface area (Å²) in [6, 6.07) is 23.9. The Morgan fingerprint density at radius 1 is 0.968 bits per heavy atom. The summed E-state index contributed by atoms with van der Waals surface area (Å²) in [6.07, 6.45) is 0.301. The fourth-order valence-electron chi connectivity index (χ4n) is 3.36. The van der Waals surface area contributed by atoms with E-state index in [-0.39, 0.29) is 17.8 Å². The van der Waals surface area contributed by atoms with Crippen LogP contribution in [0.4, 0.5) is 4.39 Å². The van der Waals surface area contributed by atoms with Crippen LogP contribution in [0.25, 0.3) is 0 Å². The second-order valence-electron chi connectivity index (χ2n) is 8.46. The van der Waals surface area contributed by atoms with Gasteiger partial charge >= 0.3 is 5.97 Å². The van der Waals surface area contributed by atoms with Crippen LogP contribution in [0, 0.1) is 5.82 Å². The Bertz CT molecular complexity index is 963. The van der Waals surface area contributed by atoms with Crippen LogP contribution in [-0.2, 0) is 16.0 Å². The maximum atomic E-state index is 14.1. The van der Waals surface area contributed by atoms with Crippen molar-refractivity contribution in [2.75, 3.05) is 0 Å². The number of carbonyl (C=O) groups excluding carboxylic acids is 1. The number of ether oxygens (including phenoxy) is 1. The van der Waals surface area contributed by atoms with Gasteiger partial charge in [0.15, 0.2) is 0 Å². The van der Waals surface area contributed by atoms with Crippen molar-refractivity contribution in [3.8, 4) is 0 Å². The molecule has 1 N–H and O–H groups in total. The molecule has 0 aliphatic rings. The molecule has 3 nitrogen and oxygen atoms in total. The molecule has 1 atom stereocenters. The van der Waals surface area contributed by atoms with Gasteiger partial charge in [0, 0.05) is 0 Å². The average Bonchev–Trinajstić information content (AvgIpc) is 2.73. The molecular weight excluding hydrogens is 457 g/mol. The highest BCUT2D eigenvalue weighted by atomic mass is 79.9. The van der Waals surface area contributed by atoms with E-state index in [1.807, 2.05) is 87.5 Å². The van der Waals surface area contributed by atoms with Gasteiger partial charge in [-0.2, -0.15) is 0 Å². The fraction of sp³-hybridized carbons (Fsp3) is 0.269. The quantitative estimate of drug-likeness (QED) is 0.405. The van der Waals surface area contributed by atoms with Crippen LogP contribution in [0.3, 0.4) is 0 Å². The van der Waals surface area contributed by atoms with Crippen LogP contribution in [0.2, 0.25) is 0 Å². The zero-order valence-electron chi connectivity index (χ0n) is 17.9. The average molecular weight is 484 g/mol. The van der Waals surface area contributed by atoms with Gasteiger partial charge in [-0.3, -0.25) is 10.1 Å². The van der Waals surface area contributed by atoms with Gasteiger partial charge in [0.2, 0.25) is 0 Å². The van der Waals surface area contributed by atoms with Gasteiger partial charge in [0.05, 0.1) is 10.5 Å². The second kappa shape index (κ2) is 10.2. The first-order valence-corrected chi connectivity index (χ1v) is 11.0. The van der Waals surface area contributed by atoms with Crippen molar-refractivity contribution in [1.82, 2.24) is 5.32 Å². The van der Waals surface area contributed by atoms with Gasteiger partial charge in [-0.1, -0.05) is 66.7 Å². The molecule has 162 valence electrons. The molecule has 0 spiro atoms. The summed E-state index contributed by atoms with van der Waals surface area (Å²) in [5, 5.41) is 3.48. The Morgan fingerprint density at radius 2 is 1.52 bits per heavy atom. The SMILES string of the molecule is CC(C)(C)OC(=O)[C@H](Cc1ccc(Br)c(F)c1)NC(c1ccccc1)c1ccccc1. The summed E-state index contributed by atoms with van der Waals surface area (Å²) in [6.45, 7) is 5.52. The van der Waals surface area contributed by atoms with E-state index in [0.29, 0.717) is 16.5 Å². The first-order valence-electron chi connectivity index (χ1n) is 10.3. The molecule has 0 saturated carbocycles. The van der Waals surface area contributed by atoms with E-state index in [9.17, 15) is 9.18 Å². The lowest BCUT2D eigenvalue weighted by atomic mass is 9.96. The maximum Gasteiger partial charge on any atom is 0.324 e. The Morgan fingerprint density at radius 3 is 2.00 bits per heavy atom. The molecule has 0 heterocycles. The van der Waals surface area contributed by atoms with Gasteiger partial charge < -0.3 is 4.74 Å². The van der Waals surface area contributed by atoms with Crippen molar-refractivity contribution < 1.29 is 13.9 Å². The Balaban J connectivity index is 1.95. The number of benzene rings is 3. The van der Waals surface area contributed by atoms with Crippen LogP contribution in [-0.4, -0.2) is 17.6 Å². The molecule has 3 aromatic rings. The number of esters is 1. The topological polar surface area (TPSA) is 38.3 Å². The van der Waals surface area contributed by atoms with E-state index in [0.717, 1.165) is 11.1 Å². The molecule has 31 heavy (non-hydrogen) atoms. The summed E-state index contributed by atoms with van der Waals surface area (Å²) in [5.74, 6) is -0.726. The molecule has 0 unspecified atom stereocenters. The smallest absolute Gasteiger partial charge is 0.324 e. The summed E-state index contributed by atoms with van der Waals surface area (Å²) in [7, 11) is 0. The van der Waals surface area contributed by atoms with Crippen LogP contribution >= 0.6 is 15.9 Å². The van der Waals surface area contributed by atoms with E-state index in [4.69, 9.17) is 4.74 Å². The number of halogens is 2.